The van der Waals surface area contributed by atoms with Gasteiger partial charge in [0.05, 0.1) is 12.0 Å². The Kier molecular flexibility index (Phi) is 4.67. The molecule has 0 saturated carbocycles. The minimum absolute atomic E-state index is 0.0145. The van der Waals surface area contributed by atoms with E-state index in [-0.39, 0.29) is 30.2 Å². The molecule has 2 heterocycles. The van der Waals surface area contributed by atoms with Crippen LogP contribution < -0.4 is 5.32 Å². The molecule has 138 valence electrons. The van der Waals surface area contributed by atoms with Gasteiger partial charge in [-0.1, -0.05) is 48.5 Å². The fourth-order valence-electron chi connectivity index (χ4n) is 4.00. The fourth-order valence-corrected chi connectivity index (χ4v) is 4.00. The van der Waals surface area contributed by atoms with Crippen molar-refractivity contribution in [1.82, 2.24) is 15.2 Å². The lowest BCUT2D eigenvalue weighted by Gasteiger charge is -2.24. The summed E-state index contributed by atoms with van der Waals surface area (Å²) in [6.45, 7) is 0.552. The molecular weight excluding hydrogens is 338 g/mol. The van der Waals surface area contributed by atoms with E-state index in [9.17, 15) is 9.59 Å². The Morgan fingerprint density at radius 3 is 2.70 bits per heavy atom. The predicted molar refractivity (Wildman–Crippen MR) is 105 cm³/mol. The number of nitrogens with one attached hydrogen (secondary N) is 2. The van der Waals surface area contributed by atoms with Gasteiger partial charge >= 0.3 is 0 Å². The third kappa shape index (κ3) is 3.33. The molecule has 1 aliphatic rings. The highest BCUT2D eigenvalue weighted by molar-refractivity contribution is 5.90. The van der Waals surface area contributed by atoms with Crippen LogP contribution in [0.1, 0.15) is 23.6 Å². The summed E-state index contributed by atoms with van der Waals surface area (Å²) in [4.78, 5) is 30.0. The van der Waals surface area contributed by atoms with Crippen molar-refractivity contribution in [3.05, 3.63) is 71.9 Å². The first-order chi connectivity index (χ1) is 13.1. The highest BCUT2D eigenvalue weighted by Gasteiger charge is 2.42. The molecule has 0 aliphatic carbocycles. The monoisotopic (exact) mass is 361 g/mol. The van der Waals surface area contributed by atoms with Crippen LogP contribution in [0, 0.1) is 5.92 Å². The Labute approximate surface area is 158 Å². The number of likely N-dealkylation sites (tertiary alicyclic amines) is 1. The average Bonchev–Trinajstić information content (AvgIpc) is 3.24. The van der Waals surface area contributed by atoms with Crippen LogP contribution in [0.25, 0.3) is 10.9 Å². The molecule has 27 heavy (non-hydrogen) atoms. The molecular formula is C22H23N3O2. The van der Waals surface area contributed by atoms with E-state index in [2.05, 4.69) is 16.4 Å². The van der Waals surface area contributed by atoms with Gasteiger partial charge in [0.25, 0.3) is 0 Å². The summed E-state index contributed by atoms with van der Waals surface area (Å²) < 4.78 is 0. The molecule has 0 spiro atoms. The van der Waals surface area contributed by atoms with Gasteiger partial charge in [0, 0.05) is 37.1 Å². The number of benzene rings is 2. The number of H-pyrrole nitrogens is 1. The van der Waals surface area contributed by atoms with Gasteiger partial charge in [-0.15, -0.1) is 0 Å². The van der Waals surface area contributed by atoms with E-state index in [1.807, 2.05) is 54.7 Å². The van der Waals surface area contributed by atoms with Crippen LogP contribution in [0.15, 0.2) is 60.8 Å². The van der Waals surface area contributed by atoms with E-state index in [0.717, 1.165) is 17.5 Å². The number of carbonyl (C=O) groups excluding carboxylic acids is 2. The van der Waals surface area contributed by atoms with Crippen LogP contribution in [-0.4, -0.2) is 35.3 Å². The summed E-state index contributed by atoms with van der Waals surface area (Å²) in [5, 5.41) is 4.22. The summed E-state index contributed by atoms with van der Waals surface area (Å²) in [5.41, 5.74) is 3.29. The lowest BCUT2D eigenvalue weighted by atomic mass is 9.93. The lowest BCUT2D eigenvalue weighted by molar-refractivity contribution is -0.128. The average molecular weight is 361 g/mol. The molecule has 0 unspecified atom stereocenters. The number of hydrogen-bond acceptors (Lipinski definition) is 2. The summed E-state index contributed by atoms with van der Waals surface area (Å²) in [6.07, 6.45) is 3.01. The number of para-hydroxylation sites is 1. The minimum Gasteiger partial charge on any atom is -0.361 e. The van der Waals surface area contributed by atoms with Crippen LogP contribution in [0.2, 0.25) is 0 Å². The summed E-state index contributed by atoms with van der Waals surface area (Å²) in [7, 11) is 1.78. The van der Waals surface area contributed by atoms with E-state index in [0.29, 0.717) is 6.54 Å². The molecule has 2 atom stereocenters. The molecule has 2 amide bonds. The molecule has 1 saturated heterocycles. The Balaban J connectivity index is 1.43. The zero-order valence-electron chi connectivity index (χ0n) is 15.3. The van der Waals surface area contributed by atoms with Gasteiger partial charge in [-0.25, -0.2) is 0 Å². The molecule has 1 fully saturated rings. The molecule has 0 bridgehead atoms. The van der Waals surface area contributed by atoms with Gasteiger partial charge in [-0.3, -0.25) is 9.59 Å². The number of aromatic nitrogens is 1. The number of hydrogen-bond donors (Lipinski definition) is 2. The zero-order valence-corrected chi connectivity index (χ0v) is 15.3. The van der Waals surface area contributed by atoms with Crippen molar-refractivity contribution in [3.8, 4) is 0 Å². The third-order valence-electron chi connectivity index (χ3n) is 5.43. The van der Waals surface area contributed by atoms with Crippen LogP contribution in [0.3, 0.4) is 0 Å². The van der Waals surface area contributed by atoms with Crippen LogP contribution in [-0.2, 0) is 16.0 Å². The Bertz CT molecular complexity index is 964. The smallest absolute Gasteiger partial charge is 0.226 e. The number of aromatic amines is 1. The number of nitrogens with zero attached hydrogens (tertiary/aromatic N) is 1. The van der Waals surface area contributed by atoms with E-state index < -0.39 is 0 Å². The molecule has 2 aromatic carbocycles. The van der Waals surface area contributed by atoms with Crippen molar-refractivity contribution in [1.29, 1.82) is 0 Å². The second-order valence-electron chi connectivity index (χ2n) is 7.07. The highest BCUT2D eigenvalue weighted by Crippen LogP contribution is 2.36. The topological polar surface area (TPSA) is 65.2 Å². The number of amides is 2. The maximum Gasteiger partial charge on any atom is 0.226 e. The van der Waals surface area contributed by atoms with Gasteiger partial charge < -0.3 is 15.2 Å². The van der Waals surface area contributed by atoms with E-state index in [1.54, 1.807) is 11.9 Å². The number of carbonyl (C=O) groups is 2. The molecule has 2 N–H and O–H groups in total. The van der Waals surface area contributed by atoms with Crippen molar-refractivity contribution in [2.75, 3.05) is 13.6 Å². The molecule has 5 nitrogen and oxygen atoms in total. The summed E-state index contributed by atoms with van der Waals surface area (Å²) >= 11 is 0. The third-order valence-corrected chi connectivity index (χ3v) is 5.43. The Morgan fingerprint density at radius 1 is 1.15 bits per heavy atom. The first kappa shape index (κ1) is 17.3. The van der Waals surface area contributed by atoms with Crippen molar-refractivity contribution in [2.24, 2.45) is 5.92 Å². The number of fused-ring (bicyclic) bond motifs is 1. The molecule has 1 aliphatic heterocycles. The van der Waals surface area contributed by atoms with Crippen LogP contribution >= 0.6 is 0 Å². The zero-order chi connectivity index (χ0) is 18.8. The Hall–Kier alpha value is -3.08. The SMILES string of the molecule is CN1C(=O)C[C@@H](C(=O)NCCc2c[nH]c3ccccc23)[C@@H]1c1ccccc1. The quantitative estimate of drug-likeness (QED) is 0.734. The highest BCUT2D eigenvalue weighted by atomic mass is 16.2. The van der Waals surface area contributed by atoms with Gasteiger partial charge in [0.1, 0.15) is 0 Å². The summed E-state index contributed by atoms with van der Waals surface area (Å²) in [5.74, 6) is -0.394. The van der Waals surface area contributed by atoms with E-state index in [4.69, 9.17) is 0 Å². The number of rotatable bonds is 5. The van der Waals surface area contributed by atoms with E-state index in [1.165, 1.54) is 10.9 Å². The van der Waals surface area contributed by atoms with Crippen molar-refractivity contribution < 1.29 is 9.59 Å². The maximum atomic E-state index is 12.8. The van der Waals surface area contributed by atoms with Gasteiger partial charge in [-0.05, 0) is 23.6 Å². The normalized spacial score (nSPS) is 19.6. The van der Waals surface area contributed by atoms with E-state index >= 15 is 0 Å². The predicted octanol–water partition coefficient (Wildman–Crippen LogP) is 3.05. The lowest BCUT2D eigenvalue weighted by Crippen LogP contribution is -2.35. The van der Waals surface area contributed by atoms with Gasteiger partial charge in [-0.2, -0.15) is 0 Å². The first-order valence-corrected chi connectivity index (χ1v) is 9.28. The van der Waals surface area contributed by atoms with Crippen molar-refractivity contribution >= 4 is 22.7 Å². The van der Waals surface area contributed by atoms with Crippen molar-refractivity contribution in [2.45, 2.75) is 18.9 Å². The molecule has 3 aromatic rings. The largest absolute Gasteiger partial charge is 0.361 e. The second-order valence-corrected chi connectivity index (χ2v) is 7.07. The molecule has 5 heteroatoms. The fraction of sp³-hybridized carbons (Fsp3) is 0.273. The van der Waals surface area contributed by atoms with Gasteiger partial charge in [0.15, 0.2) is 0 Å². The molecule has 0 radical (unpaired) electrons. The van der Waals surface area contributed by atoms with Crippen LogP contribution in [0.4, 0.5) is 0 Å². The first-order valence-electron chi connectivity index (χ1n) is 9.28. The summed E-state index contributed by atoms with van der Waals surface area (Å²) in [6, 6.07) is 17.7. The van der Waals surface area contributed by atoms with Gasteiger partial charge in [0.2, 0.25) is 11.8 Å². The second kappa shape index (κ2) is 7.27. The molecule has 4 rings (SSSR count). The Morgan fingerprint density at radius 2 is 1.89 bits per heavy atom. The van der Waals surface area contributed by atoms with Crippen LogP contribution in [0.5, 0.6) is 0 Å². The van der Waals surface area contributed by atoms with Crippen molar-refractivity contribution in [3.63, 3.8) is 0 Å². The minimum atomic E-state index is -0.354. The maximum absolute atomic E-state index is 12.8. The molecule has 1 aromatic heterocycles. The standard InChI is InChI=1S/C22H23N3O2/c1-25-20(26)13-18(21(25)15-7-3-2-4-8-15)22(27)23-12-11-16-14-24-19-10-6-5-9-17(16)19/h2-10,14,18,21,24H,11-13H2,1H3,(H,23,27)/t18-,21+/m1/s1.